The van der Waals surface area contributed by atoms with E-state index in [0.29, 0.717) is 0 Å². The van der Waals surface area contributed by atoms with Crippen molar-refractivity contribution in [2.75, 3.05) is 36.1 Å². The van der Waals surface area contributed by atoms with Crippen LogP contribution < -0.4 is 9.91 Å². The van der Waals surface area contributed by atoms with Gasteiger partial charge in [0.15, 0.2) is 0 Å². The summed E-state index contributed by atoms with van der Waals surface area (Å²) in [7, 11) is 0. The van der Waals surface area contributed by atoms with Gasteiger partial charge < -0.3 is 4.90 Å². The molecule has 0 spiro atoms. The van der Waals surface area contributed by atoms with Crippen molar-refractivity contribution in [2.45, 2.75) is 6.92 Å². The molecule has 1 saturated heterocycles. The second kappa shape index (κ2) is 6.79. The minimum atomic E-state index is -0.223. The maximum Gasteiger partial charge on any atom is 0.228 e. The minimum absolute atomic E-state index is 0.223. The van der Waals surface area contributed by atoms with Gasteiger partial charge in [-0.15, -0.1) is 0 Å². The second-order valence-electron chi connectivity index (χ2n) is 5.65. The number of piperazine rings is 1. The van der Waals surface area contributed by atoms with Crippen molar-refractivity contribution in [3.63, 3.8) is 0 Å². The van der Waals surface area contributed by atoms with Gasteiger partial charge in [-0.25, -0.2) is 14.4 Å². The van der Waals surface area contributed by atoms with E-state index >= 15 is 0 Å². The number of hydrazine groups is 1. The van der Waals surface area contributed by atoms with Gasteiger partial charge in [-0.05, 0) is 42.8 Å². The summed E-state index contributed by atoms with van der Waals surface area (Å²) in [5, 5.41) is 3.74. The van der Waals surface area contributed by atoms with Gasteiger partial charge >= 0.3 is 0 Å². The molecule has 2 aromatic carbocycles. The number of nitrogens with zero attached hydrogens (tertiary/aromatic N) is 3. The van der Waals surface area contributed by atoms with Crippen molar-refractivity contribution >= 4 is 17.8 Å². The first-order valence-corrected chi connectivity index (χ1v) is 7.74. The number of carbonyl (C=O) groups is 1. The van der Waals surface area contributed by atoms with E-state index in [1.807, 2.05) is 31.2 Å². The zero-order valence-corrected chi connectivity index (χ0v) is 13.2. The van der Waals surface area contributed by atoms with Crippen LogP contribution in [0.5, 0.6) is 0 Å². The average Bonchev–Trinajstić information content (AvgIpc) is 2.59. The van der Waals surface area contributed by atoms with Crippen molar-refractivity contribution < 1.29 is 9.18 Å². The van der Waals surface area contributed by atoms with E-state index in [1.165, 1.54) is 12.1 Å². The summed E-state index contributed by atoms with van der Waals surface area (Å²) >= 11 is 0. The highest BCUT2D eigenvalue weighted by Crippen LogP contribution is 2.22. The molecule has 1 aliphatic rings. The molecule has 1 heterocycles. The van der Waals surface area contributed by atoms with Crippen LogP contribution in [0, 0.1) is 12.7 Å². The third kappa shape index (κ3) is 3.35. The van der Waals surface area contributed by atoms with Crippen molar-refractivity contribution in [1.29, 1.82) is 0 Å². The van der Waals surface area contributed by atoms with Crippen LogP contribution in [0.15, 0.2) is 48.5 Å². The largest absolute Gasteiger partial charge is 0.369 e. The molecular weight excluding hydrogens is 293 g/mol. The van der Waals surface area contributed by atoms with Crippen LogP contribution in [0.2, 0.25) is 0 Å². The lowest BCUT2D eigenvalue weighted by atomic mass is 10.2. The van der Waals surface area contributed by atoms with Crippen LogP contribution in [-0.4, -0.2) is 37.6 Å². The number of carbonyl (C=O) groups excluding carboxylic acids is 1. The Hall–Kier alpha value is -2.40. The molecule has 120 valence electrons. The standard InChI is InChI=1S/C18H20FN3O/c1-15-4-2-3-5-18(15)22(14-23)21-12-10-20(11-13-21)17-8-6-16(19)7-9-17/h2-9,14H,10-13H2,1H3. The fraction of sp³-hybridized carbons (Fsp3) is 0.278. The van der Waals surface area contributed by atoms with Gasteiger partial charge in [0.05, 0.1) is 5.69 Å². The van der Waals surface area contributed by atoms with Crippen LogP contribution in [0.4, 0.5) is 15.8 Å². The molecule has 3 rings (SSSR count). The number of hydrogen-bond donors (Lipinski definition) is 0. The van der Waals surface area contributed by atoms with Gasteiger partial charge in [-0.3, -0.25) is 4.79 Å². The summed E-state index contributed by atoms with van der Waals surface area (Å²) in [6.07, 6.45) is 0.871. The first-order valence-electron chi connectivity index (χ1n) is 7.74. The van der Waals surface area contributed by atoms with E-state index in [1.54, 1.807) is 17.1 Å². The molecule has 2 aromatic rings. The number of benzene rings is 2. The Morgan fingerprint density at radius 3 is 2.26 bits per heavy atom. The first-order chi connectivity index (χ1) is 11.2. The number of hydrogen-bond acceptors (Lipinski definition) is 3. The summed E-state index contributed by atoms with van der Waals surface area (Å²) in [6, 6.07) is 14.4. The molecule has 0 aromatic heterocycles. The van der Waals surface area contributed by atoms with Crippen molar-refractivity contribution in [2.24, 2.45) is 0 Å². The lowest BCUT2D eigenvalue weighted by Gasteiger charge is -2.40. The topological polar surface area (TPSA) is 26.8 Å². The van der Waals surface area contributed by atoms with E-state index in [0.717, 1.165) is 49.5 Å². The molecule has 1 fully saturated rings. The maximum atomic E-state index is 13.0. The highest BCUT2D eigenvalue weighted by atomic mass is 19.1. The van der Waals surface area contributed by atoms with Gasteiger partial charge in [0.2, 0.25) is 6.41 Å². The number of anilines is 2. The van der Waals surface area contributed by atoms with Crippen LogP contribution in [0.3, 0.4) is 0 Å². The monoisotopic (exact) mass is 313 g/mol. The molecule has 0 saturated carbocycles. The van der Waals surface area contributed by atoms with Gasteiger partial charge in [0, 0.05) is 31.9 Å². The van der Waals surface area contributed by atoms with Crippen molar-refractivity contribution in [3.05, 3.63) is 59.9 Å². The van der Waals surface area contributed by atoms with Gasteiger partial charge in [0.25, 0.3) is 0 Å². The van der Waals surface area contributed by atoms with E-state index in [2.05, 4.69) is 9.91 Å². The average molecular weight is 313 g/mol. The molecule has 4 nitrogen and oxygen atoms in total. The van der Waals surface area contributed by atoms with Gasteiger partial charge in [-0.2, -0.15) is 0 Å². The van der Waals surface area contributed by atoms with Crippen LogP contribution >= 0.6 is 0 Å². The Morgan fingerprint density at radius 2 is 1.65 bits per heavy atom. The summed E-state index contributed by atoms with van der Waals surface area (Å²) in [5.41, 5.74) is 3.00. The Labute approximate surface area is 135 Å². The molecule has 0 N–H and O–H groups in total. The van der Waals surface area contributed by atoms with Gasteiger partial charge in [0.1, 0.15) is 5.82 Å². The molecule has 0 unspecified atom stereocenters. The summed E-state index contributed by atoms with van der Waals surface area (Å²) in [6.45, 7) is 5.07. The van der Waals surface area contributed by atoms with Crippen molar-refractivity contribution in [3.8, 4) is 0 Å². The Bertz CT molecular complexity index is 666. The van der Waals surface area contributed by atoms with E-state index in [4.69, 9.17) is 0 Å². The fourth-order valence-electron chi connectivity index (χ4n) is 2.92. The van der Waals surface area contributed by atoms with Crippen LogP contribution in [-0.2, 0) is 4.79 Å². The fourth-order valence-corrected chi connectivity index (χ4v) is 2.92. The van der Waals surface area contributed by atoms with Crippen molar-refractivity contribution in [1.82, 2.24) is 5.01 Å². The highest BCUT2D eigenvalue weighted by Gasteiger charge is 2.23. The SMILES string of the molecule is Cc1ccccc1N(C=O)N1CCN(c2ccc(F)cc2)CC1. The quantitative estimate of drug-likeness (QED) is 0.812. The normalized spacial score (nSPS) is 15.5. The predicted molar refractivity (Wildman–Crippen MR) is 89.9 cm³/mol. The number of aryl methyl sites for hydroxylation is 1. The number of halogens is 1. The molecule has 5 heteroatoms. The lowest BCUT2D eigenvalue weighted by molar-refractivity contribution is -0.110. The minimum Gasteiger partial charge on any atom is -0.369 e. The number of amides is 1. The van der Waals surface area contributed by atoms with E-state index < -0.39 is 0 Å². The first kappa shape index (κ1) is 15.5. The zero-order chi connectivity index (χ0) is 16.2. The smallest absolute Gasteiger partial charge is 0.228 e. The summed E-state index contributed by atoms with van der Waals surface area (Å²) in [4.78, 5) is 13.8. The predicted octanol–water partition coefficient (Wildman–Crippen LogP) is 2.83. The summed E-state index contributed by atoms with van der Waals surface area (Å²) in [5.74, 6) is -0.223. The number of para-hydroxylation sites is 1. The molecule has 23 heavy (non-hydrogen) atoms. The second-order valence-corrected chi connectivity index (χ2v) is 5.65. The zero-order valence-electron chi connectivity index (χ0n) is 13.2. The molecule has 0 aliphatic carbocycles. The molecular formula is C18H20FN3O. The highest BCUT2D eigenvalue weighted by molar-refractivity contribution is 5.75. The molecule has 0 atom stereocenters. The van der Waals surface area contributed by atoms with E-state index in [9.17, 15) is 9.18 Å². The Balaban J connectivity index is 1.69. The maximum absolute atomic E-state index is 13.0. The third-order valence-corrected chi connectivity index (χ3v) is 4.21. The summed E-state index contributed by atoms with van der Waals surface area (Å²) < 4.78 is 13.0. The van der Waals surface area contributed by atoms with Gasteiger partial charge in [-0.1, -0.05) is 18.2 Å². The lowest BCUT2D eigenvalue weighted by Crippen LogP contribution is -2.54. The molecule has 1 amide bonds. The van der Waals surface area contributed by atoms with Crippen LogP contribution in [0.1, 0.15) is 5.56 Å². The Kier molecular flexibility index (Phi) is 4.57. The molecule has 1 aliphatic heterocycles. The Morgan fingerprint density at radius 1 is 1.00 bits per heavy atom. The molecule has 0 radical (unpaired) electrons. The van der Waals surface area contributed by atoms with Crippen LogP contribution in [0.25, 0.3) is 0 Å². The van der Waals surface area contributed by atoms with E-state index in [-0.39, 0.29) is 5.82 Å². The molecule has 0 bridgehead atoms. The third-order valence-electron chi connectivity index (χ3n) is 4.21. The number of rotatable bonds is 4.